The van der Waals surface area contributed by atoms with Crippen molar-refractivity contribution in [3.63, 3.8) is 0 Å². The molecule has 74 valence electrons. The van der Waals surface area contributed by atoms with E-state index < -0.39 is 0 Å². The molecule has 1 unspecified atom stereocenters. The lowest BCUT2D eigenvalue weighted by molar-refractivity contribution is 0.0247. The van der Waals surface area contributed by atoms with E-state index in [0.29, 0.717) is 13.2 Å². The van der Waals surface area contributed by atoms with Crippen LogP contribution in [-0.4, -0.2) is 38.1 Å². The fourth-order valence-electron chi connectivity index (χ4n) is 0.941. The van der Waals surface area contributed by atoms with Gasteiger partial charge in [0.15, 0.2) is 0 Å². The highest BCUT2D eigenvalue weighted by Gasteiger charge is 2.01. The minimum absolute atomic E-state index is 0.294. The Hall–Kier alpha value is -0.120. The lowest BCUT2D eigenvalue weighted by atomic mass is 10.2. The maximum absolute atomic E-state index is 9.25. The van der Waals surface area contributed by atoms with E-state index in [1.807, 2.05) is 6.92 Å². The summed E-state index contributed by atoms with van der Waals surface area (Å²) in [5, 5.41) is 9.25. The zero-order valence-electron chi connectivity index (χ0n) is 8.08. The van der Waals surface area contributed by atoms with E-state index >= 15 is 0 Å². The maximum Gasteiger partial charge on any atom is 0.0773 e. The zero-order chi connectivity index (χ0) is 9.23. The Morgan fingerprint density at radius 2 is 2.08 bits per heavy atom. The fourth-order valence-corrected chi connectivity index (χ4v) is 0.941. The monoisotopic (exact) mass is 176 g/mol. The van der Waals surface area contributed by atoms with E-state index in [4.69, 9.17) is 9.47 Å². The van der Waals surface area contributed by atoms with E-state index in [-0.39, 0.29) is 6.10 Å². The highest BCUT2D eigenvalue weighted by molar-refractivity contribution is 4.51. The van der Waals surface area contributed by atoms with Gasteiger partial charge in [0.25, 0.3) is 0 Å². The molecule has 0 aromatic heterocycles. The molecule has 12 heavy (non-hydrogen) atoms. The molecule has 1 atom stereocenters. The Morgan fingerprint density at radius 1 is 1.33 bits per heavy atom. The quantitative estimate of drug-likeness (QED) is 0.565. The largest absolute Gasteiger partial charge is 0.391 e. The minimum atomic E-state index is -0.294. The summed E-state index contributed by atoms with van der Waals surface area (Å²) in [5.74, 6) is 0. The van der Waals surface area contributed by atoms with Crippen molar-refractivity contribution < 1.29 is 14.6 Å². The Balaban J connectivity index is 2.97. The van der Waals surface area contributed by atoms with Crippen LogP contribution in [0.4, 0.5) is 0 Å². The summed E-state index contributed by atoms with van der Waals surface area (Å²) in [5.41, 5.74) is 0. The summed E-state index contributed by atoms with van der Waals surface area (Å²) in [4.78, 5) is 0. The molecule has 0 aliphatic carbocycles. The summed E-state index contributed by atoms with van der Waals surface area (Å²) < 4.78 is 10.1. The second kappa shape index (κ2) is 8.97. The van der Waals surface area contributed by atoms with E-state index in [2.05, 4.69) is 0 Å². The number of rotatable bonds is 8. The van der Waals surface area contributed by atoms with E-state index in [1.54, 1.807) is 7.11 Å². The number of aliphatic hydroxyl groups excluding tert-OH is 1. The third-order valence-corrected chi connectivity index (χ3v) is 1.57. The molecular weight excluding hydrogens is 156 g/mol. The van der Waals surface area contributed by atoms with Crippen molar-refractivity contribution in [2.24, 2.45) is 0 Å². The van der Waals surface area contributed by atoms with Gasteiger partial charge in [-0.05, 0) is 12.8 Å². The average molecular weight is 176 g/mol. The normalized spacial score (nSPS) is 13.2. The first-order valence-electron chi connectivity index (χ1n) is 4.56. The van der Waals surface area contributed by atoms with Crippen LogP contribution in [0.3, 0.4) is 0 Å². The van der Waals surface area contributed by atoms with Crippen molar-refractivity contribution in [2.45, 2.75) is 32.3 Å². The number of aliphatic hydroxyl groups is 1. The van der Waals surface area contributed by atoms with E-state index in [0.717, 1.165) is 25.9 Å². The van der Waals surface area contributed by atoms with Crippen LogP contribution < -0.4 is 0 Å². The molecule has 0 saturated carbocycles. The second-order valence-electron chi connectivity index (χ2n) is 2.86. The van der Waals surface area contributed by atoms with Gasteiger partial charge < -0.3 is 14.6 Å². The topological polar surface area (TPSA) is 38.7 Å². The highest BCUT2D eigenvalue weighted by Crippen LogP contribution is 1.96. The number of hydrogen-bond donors (Lipinski definition) is 1. The summed E-state index contributed by atoms with van der Waals surface area (Å²) in [7, 11) is 1.67. The van der Waals surface area contributed by atoms with Crippen molar-refractivity contribution >= 4 is 0 Å². The first kappa shape index (κ1) is 11.9. The summed E-state index contributed by atoms with van der Waals surface area (Å²) in [6.45, 7) is 3.91. The Bertz CT molecular complexity index is 85.8. The van der Waals surface area contributed by atoms with Gasteiger partial charge in [0, 0.05) is 20.3 Å². The molecule has 1 N–H and O–H groups in total. The molecule has 0 bridgehead atoms. The van der Waals surface area contributed by atoms with Gasteiger partial charge in [0.2, 0.25) is 0 Å². The first-order chi connectivity index (χ1) is 5.81. The summed E-state index contributed by atoms with van der Waals surface area (Å²) >= 11 is 0. The van der Waals surface area contributed by atoms with Crippen molar-refractivity contribution in [1.82, 2.24) is 0 Å². The van der Waals surface area contributed by atoms with Crippen LogP contribution in [0.15, 0.2) is 0 Å². The Morgan fingerprint density at radius 3 is 2.67 bits per heavy atom. The third kappa shape index (κ3) is 7.98. The number of hydrogen-bond acceptors (Lipinski definition) is 3. The SMILES string of the molecule is CCCC(O)COCCCOC. The molecule has 0 aliphatic heterocycles. The van der Waals surface area contributed by atoms with Gasteiger partial charge in [-0.25, -0.2) is 0 Å². The predicted molar refractivity (Wildman–Crippen MR) is 48.2 cm³/mol. The van der Waals surface area contributed by atoms with Crippen LogP contribution in [0.5, 0.6) is 0 Å². The van der Waals surface area contributed by atoms with Crippen LogP contribution in [0, 0.1) is 0 Å². The van der Waals surface area contributed by atoms with Crippen LogP contribution in [0.2, 0.25) is 0 Å². The van der Waals surface area contributed by atoms with Gasteiger partial charge >= 0.3 is 0 Å². The smallest absolute Gasteiger partial charge is 0.0773 e. The first-order valence-corrected chi connectivity index (χ1v) is 4.56. The van der Waals surface area contributed by atoms with Crippen molar-refractivity contribution in [3.8, 4) is 0 Å². The van der Waals surface area contributed by atoms with Gasteiger partial charge in [-0.2, -0.15) is 0 Å². The van der Waals surface area contributed by atoms with Crippen molar-refractivity contribution in [2.75, 3.05) is 26.9 Å². The fraction of sp³-hybridized carbons (Fsp3) is 1.00. The molecule has 0 saturated heterocycles. The van der Waals surface area contributed by atoms with Crippen molar-refractivity contribution in [3.05, 3.63) is 0 Å². The van der Waals surface area contributed by atoms with Gasteiger partial charge in [0.1, 0.15) is 0 Å². The molecule has 0 rings (SSSR count). The summed E-state index contributed by atoms with van der Waals surface area (Å²) in [6.07, 6.45) is 2.43. The average Bonchev–Trinajstić information content (AvgIpc) is 2.05. The van der Waals surface area contributed by atoms with Gasteiger partial charge in [-0.3, -0.25) is 0 Å². The summed E-state index contributed by atoms with van der Waals surface area (Å²) in [6, 6.07) is 0. The highest BCUT2D eigenvalue weighted by atomic mass is 16.5. The van der Waals surface area contributed by atoms with Crippen LogP contribution in [-0.2, 0) is 9.47 Å². The predicted octanol–water partition coefficient (Wildman–Crippen LogP) is 1.20. The molecule has 3 heteroatoms. The Kier molecular flexibility index (Phi) is 8.88. The zero-order valence-corrected chi connectivity index (χ0v) is 8.08. The molecule has 0 heterocycles. The molecule has 3 nitrogen and oxygen atoms in total. The molecule has 0 aliphatic rings. The van der Waals surface area contributed by atoms with E-state index in [9.17, 15) is 5.11 Å². The maximum atomic E-state index is 9.25. The van der Waals surface area contributed by atoms with Gasteiger partial charge in [-0.15, -0.1) is 0 Å². The molecular formula is C9H20O3. The molecule has 0 fully saturated rings. The van der Waals surface area contributed by atoms with Crippen LogP contribution >= 0.6 is 0 Å². The third-order valence-electron chi connectivity index (χ3n) is 1.57. The lowest BCUT2D eigenvalue weighted by Crippen LogP contribution is -2.15. The number of methoxy groups -OCH3 is 1. The van der Waals surface area contributed by atoms with Gasteiger partial charge in [-0.1, -0.05) is 13.3 Å². The molecule has 0 aromatic rings. The minimum Gasteiger partial charge on any atom is -0.391 e. The van der Waals surface area contributed by atoms with Crippen LogP contribution in [0.25, 0.3) is 0 Å². The van der Waals surface area contributed by atoms with Crippen LogP contribution in [0.1, 0.15) is 26.2 Å². The van der Waals surface area contributed by atoms with Gasteiger partial charge in [0.05, 0.1) is 12.7 Å². The molecule has 0 radical (unpaired) electrons. The number of ether oxygens (including phenoxy) is 2. The molecule has 0 aromatic carbocycles. The molecule has 0 amide bonds. The molecule has 0 spiro atoms. The lowest BCUT2D eigenvalue weighted by Gasteiger charge is -2.09. The van der Waals surface area contributed by atoms with E-state index in [1.165, 1.54) is 0 Å². The standard InChI is InChI=1S/C9H20O3/c1-3-5-9(10)8-12-7-4-6-11-2/h9-10H,3-8H2,1-2H3. The van der Waals surface area contributed by atoms with Crippen molar-refractivity contribution in [1.29, 1.82) is 0 Å². The Labute approximate surface area is 74.7 Å². The second-order valence-corrected chi connectivity index (χ2v) is 2.86.